The van der Waals surface area contributed by atoms with E-state index in [1.807, 2.05) is 49.2 Å². The van der Waals surface area contributed by atoms with E-state index in [0.29, 0.717) is 57.1 Å². The zero-order chi connectivity index (χ0) is 34.7. The molecule has 0 aromatic heterocycles. The molecule has 2 saturated carbocycles. The van der Waals surface area contributed by atoms with Crippen LogP contribution in [0.4, 0.5) is 0 Å². The highest BCUT2D eigenvalue weighted by Crippen LogP contribution is 2.18. The Balaban J connectivity index is -0.00000203. The van der Waals surface area contributed by atoms with Gasteiger partial charge in [-0.15, -0.1) is 0 Å². The van der Waals surface area contributed by atoms with Crippen LogP contribution >= 0.6 is 0 Å². The number of aliphatic hydroxyl groups excluding tert-OH is 4. The van der Waals surface area contributed by atoms with Crippen molar-refractivity contribution in [2.45, 2.75) is 167 Å². The monoisotopic (exact) mass is 647 g/mol. The van der Waals surface area contributed by atoms with Crippen LogP contribution in [-0.2, 0) is 9.47 Å². The first-order valence-electron chi connectivity index (χ1n) is 18.1. The van der Waals surface area contributed by atoms with Crippen molar-refractivity contribution in [2.75, 3.05) is 47.0 Å². The highest BCUT2D eigenvalue weighted by atomic mass is 16.5. The van der Waals surface area contributed by atoms with Crippen molar-refractivity contribution >= 4 is 14.6 Å². The van der Waals surface area contributed by atoms with E-state index in [0.717, 1.165) is 0 Å². The van der Waals surface area contributed by atoms with E-state index in [-0.39, 0.29) is 19.3 Å². The van der Waals surface area contributed by atoms with Gasteiger partial charge in [0.25, 0.3) is 0 Å². The van der Waals surface area contributed by atoms with Gasteiger partial charge in [0.2, 0.25) is 0 Å². The van der Waals surface area contributed by atoms with Crippen LogP contribution in [-0.4, -0.2) is 125 Å². The van der Waals surface area contributed by atoms with Gasteiger partial charge in [0.05, 0.1) is 50.3 Å². The van der Waals surface area contributed by atoms with Crippen LogP contribution in [0.5, 0.6) is 0 Å². The van der Waals surface area contributed by atoms with Crippen LogP contribution < -0.4 is 22.1 Å². The first-order chi connectivity index (χ1) is 21.9. The quantitative estimate of drug-likeness (QED) is 0.0866. The molecule has 0 aromatic carbocycles. The zero-order valence-electron chi connectivity index (χ0n) is 30.4. The summed E-state index contributed by atoms with van der Waals surface area (Å²) in [5, 5.41) is 47.5. The highest BCUT2D eigenvalue weighted by Gasteiger charge is 2.17. The average Bonchev–Trinajstić information content (AvgIpc) is 3.10. The lowest BCUT2D eigenvalue weighted by Gasteiger charge is -2.24. The minimum Gasteiger partial charge on any atom is -0.393 e. The van der Waals surface area contributed by atoms with Crippen LogP contribution in [0.15, 0.2) is 0 Å². The SMILES string of the molecule is CC.CC.CC(COCC(O)C[B]CC(O)CNC1CCCCC1)OCC(O)C[B]CC(O)CNC1CCCCC1.CN.CN. The Hall–Kier alpha value is -0.270. The molecule has 0 amide bonds. The van der Waals surface area contributed by atoms with Crippen molar-refractivity contribution in [3.63, 3.8) is 0 Å². The van der Waals surface area contributed by atoms with Crippen molar-refractivity contribution in [2.24, 2.45) is 11.5 Å². The minimum absolute atomic E-state index is 0.191. The molecule has 270 valence electrons. The van der Waals surface area contributed by atoms with E-state index in [4.69, 9.17) is 9.47 Å². The molecule has 0 aromatic rings. The van der Waals surface area contributed by atoms with Crippen molar-refractivity contribution in [1.29, 1.82) is 0 Å². The molecule has 45 heavy (non-hydrogen) atoms. The summed E-state index contributed by atoms with van der Waals surface area (Å²) in [6, 6.07) is 1.08. The molecule has 5 unspecified atom stereocenters. The fourth-order valence-electron chi connectivity index (χ4n) is 5.18. The summed E-state index contributed by atoms with van der Waals surface area (Å²) in [5.41, 5.74) is 9.00. The molecule has 2 fully saturated rings. The number of hydrogen-bond donors (Lipinski definition) is 8. The van der Waals surface area contributed by atoms with Crippen molar-refractivity contribution in [3.05, 3.63) is 0 Å². The Morgan fingerprint density at radius 2 is 0.933 bits per heavy atom. The zero-order valence-corrected chi connectivity index (χ0v) is 30.4. The maximum absolute atomic E-state index is 10.1. The molecule has 10 N–H and O–H groups in total. The normalized spacial score (nSPS) is 18.4. The fraction of sp³-hybridized carbons (Fsp3) is 1.00. The van der Waals surface area contributed by atoms with Gasteiger partial charge in [-0.2, -0.15) is 0 Å². The Morgan fingerprint density at radius 1 is 0.578 bits per heavy atom. The lowest BCUT2D eigenvalue weighted by atomic mass is 9.67. The molecule has 0 saturated heterocycles. The molecule has 2 radical (unpaired) electrons. The maximum atomic E-state index is 10.1. The fourth-order valence-corrected chi connectivity index (χ4v) is 5.18. The predicted octanol–water partition coefficient (Wildman–Crippen LogP) is 2.98. The van der Waals surface area contributed by atoms with E-state index in [1.54, 1.807) is 0 Å². The number of aliphatic hydroxyl groups is 4. The molecule has 0 bridgehead atoms. The molecular formula is C33H76B2N4O6. The number of nitrogens with one attached hydrogen (secondary N) is 2. The second-order valence-electron chi connectivity index (χ2n) is 11.3. The van der Waals surface area contributed by atoms with Crippen molar-refractivity contribution < 1.29 is 29.9 Å². The number of nitrogens with two attached hydrogens (primary N) is 2. The van der Waals surface area contributed by atoms with Gasteiger partial charge in [0.15, 0.2) is 0 Å². The Labute approximate surface area is 280 Å². The molecule has 0 aliphatic heterocycles. The second-order valence-corrected chi connectivity index (χ2v) is 11.3. The average molecular weight is 647 g/mol. The summed E-state index contributed by atoms with van der Waals surface area (Å²) in [6.07, 6.45) is 12.4. The van der Waals surface area contributed by atoms with Gasteiger partial charge in [-0.25, -0.2) is 0 Å². The first kappa shape index (κ1) is 49.1. The molecule has 12 heteroatoms. The third-order valence-electron chi connectivity index (χ3n) is 7.49. The van der Waals surface area contributed by atoms with Crippen LogP contribution in [0, 0.1) is 0 Å². The van der Waals surface area contributed by atoms with E-state index >= 15 is 0 Å². The number of ether oxygens (including phenoxy) is 2. The summed E-state index contributed by atoms with van der Waals surface area (Å²) in [7, 11) is 6.86. The van der Waals surface area contributed by atoms with E-state index in [1.165, 1.54) is 78.3 Å². The minimum atomic E-state index is -0.611. The molecule has 2 rings (SSSR count). The standard InChI is InChI=1S/C27H54B2N2O6.2C2H6.2CH5N/c1-21(37-20-27(35)15-29-13-25(33)17-31-23-10-6-3-7-11-23)18-36-19-26(34)14-28-12-24(32)16-30-22-8-4-2-5-9-22;4*1-2/h21-27,30-35H,2-20H2,1H3;2*1-2H3;2*2H2,1H3. The molecule has 10 nitrogen and oxygen atoms in total. The van der Waals surface area contributed by atoms with Crippen molar-refractivity contribution in [1.82, 2.24) is 10.6 Å². The topological polar surface area (TPSA) is 175 Å². The van der Waals surface area contributed by atoms with Gasteiger partial charge in [-0.3, -0.25) is 0 Å². The van der Waals surface area contributed by atoms with Gasteiger partial charge in [-0.1, -0.05) is 91.5 Å². The Bertz CT molecular complexity index is 551. The summed E-state index contributed by atoms with van der Waals surface area (Å²) in [5.74, 6) is 0. The van der Waals surface area contributed by atoms with Crippen LogP contribution in [0.25, 0.3) is 0 Å². The molecule has 0 heterocycles. The molecule has 2 aliphatic rings. The highest BCUT2D eigenvalue weighted by molar-refractivity contribution is 6.36. The molecular weight excluding hydrogens is 570 g/mol. The largest absolute Gasteiger partial charge is 0.393 e. The maximum Gasteiger partial charge on any atom is 0.116 e. The lowest BCUT2D eigenvalue weighted by molar-refractivity contribution is -0.0492. The molecule has 5 atom stereocenters. The van der Waals surface area contributed by atoms with Gasteiger partial charge >= 0.3 is 0 Å². The van der Waals surface area contributed by atoms with Gasteiger partial charge in [0, 0.05) is 25.2 Å². The first-order valence-corrected chi connectivity index (χ1v) is 18.1. The Morgan fingerprint density at radius 3 is 1.33 bits per heavy atom. The van der Waals surface area contributed by atoms with Crippen LogP contribution in [0.3, 0.4) is 0 Å². The lowest BCUT2D eigenvalue weighted by Crippen LogP contribution is -2.37. The third kappa shape index (κ3) is 32.1. The smallest absolute Gasteiger partial charge is 0.116 e. The summed E-state index contributed by atoms with van der Waals surface area (Å²) < 4.78 is 11.2. The van der Waals surface area contributed by atoms with Gasteiger partial charge < -0.3 is 52.0 Å². The molecule has 0 spiro atoms. The third-order valence-corrected chi connectivity index (χ3v) is 7.49. The number of hydrogen-bond acceptors (Lipinski definition) is 10. The Kier molecular flexibility index (Phi) is 41.7. The van der Waals surface area contributed by atoms with Crippen LogP contribution in [0.2, 0.25) is 25.3 Å². The second kappa shape index (κ2) is 38.2. The number of rotatable bonds is 21. The van der Waals surface area contributed by atoms with Crippen molar-refractivity contribution in [3.8, 4) is 0 Å². The van der Waals surface area contributed by atoms with E-state index < -0.39 is 24.4 Å². The van der Waals surface area contributed by atoms with Gasteiger partial charge in [0.1, 0.15) is 14.6 Å². The van der Waals surface area contributed by atoms with E-state index in [9.17, 15) is 20.4 Å². The van der Waals surface area contributed by atoms with E-state index in [2.05, 4.69) is 22.1 Å². The summed E-state index contributed by atoms with van der Waals surface area (Å²) >= 11 is 0. The molecule has 2 aliphatic carbocycles. The van der Waals surface area contributed by atoms with Gasteiger partial charge in [-0.05, 0) is 46.7 Å². The summed E-state index contributed by atoms with van der Waals surface area (Å²) in [6.45, 7) is 11.8. The summed E-state index contributed by atoms with van der Waals surface area (Å²) in [4.78, 5) is 0. The van der Waals surface area contributed by atoms with Crippen LogP contribution in [0.1, 0.15) is 98.8 Å². The predicted molar refractivity (Wildman–Crippen MR) is 194 cm³/mol.